The number of benzene rings is 1. The number of anilines is 1. The maximum absolute atomic E-state index is 12.5. The fourth-order valence-corrected chi connectivity index (χ4v) is 3.56. The van der Waals surface area contributed by atoms with Crippen molar-refractivity contribution in [2.75, 3.05) is 11.9 Å². The Hall–Kier alpha value is -1.88. The lowest BCUT2D eigenvalue weighted by molar-refractivity contribution is -0.146. The van der Waals surface area contributed by atoms with Crippen LogP contribution in [0.2, 0.25) is 5.02 Å². The molecule has 1 aliphatic carbocycles. The molecule has 128 valence electrons. The Kier molecular flexibility index (Phi) is 5.19. The van der Waals surface area contributed by atoms with Gasteiger partial charge in [0.15, 0.2) is 0 Å². The largest absolute Gasteiger partial charge is 0.464 e. The van der Waals surface area contributed by atoms with E-state index in [1.165, 1.54) is 6.42 Å². The quantitative estimate of drug-likeness (QED) is 0.670. The zero-order valence-corrected chi connectivity index (χ0v) is 14.4. The Bertz CT molecular complexity index is 681. The topological polar surface area (TPSA) is 67.8 Å². The maximum Gasteiger partial charge on any atom is 0.340 e. The van der Waals surface area contributed by atoms with Gasteiger partial charge in [0.05, 0.1) is 6.61 Å². The fourth-order valence-electron chi connectivity index (χ4n) is 3.39. The molecule has 0 bridgehead atoms. The van der Waals surface area contributed by atoms with E-state index in [1.807, 2.05) is 6.07 Å². The summed E-state index contributed by atoms with van der Waals surface area (Å²) < 4.78 is 5.03. The number of halogens is 1. The van der Waals surface area contributed by atoms with Crippen molar-refractivity contribution in [2.45, 2.75) is 45.1 Å². The average Bonchev–Trinajstić information content (AvgIpc) is 2.72. The normalized spacial score (nSPS) is 21.3. The van der Waals surface area contributed by atoms with Gasteiger partial charge in [-0.15, -0.1) is 0 Å². The predicted molar refractivity (Wildman–Crippen MR) is 93.6 cm³/mol. The average molecular weight is 349 g/mol. The molecule has 1 atom stereocenters. The van der Waals surface area contributed by atoms with Crippen LogP contribution in [0, 0.1) is 5.92 Å². The second kappa shape index (κ2) is 7.34. The van der Waals surface area contributed by atoms with Crippen molar-refractivity contribution >= 4 is 34.9 Å². The van der Waals surface area contributed by atoms with E-state index >= 15 is 0 Å². The Morgan fingerprint density at radius 3 is 2.79 bits per heavy atom. The van der Waals surface area contributed by atoms with Gasteiger partial charge in [0.2, 0.25) is 6.04 Å². The monoisotopic (exact) mass is 348 g/mol. The molecule has 0 aromatic heterocycles. The van der Waals surface area contributed by atoms with E-state index in [-0.39, 0.29) is 12.5 Å². The number of hydrogen-bond acceptors (Lipinski definition) is 4. The van der Waals surface area contributed by atoms with Crippen molar-refractivity contribution in [2.24, 2.45) is 10.9 Å². The summed E-state index contributed by atoms with van der Waals surface area (Å²) in [6.07, 6.45) is 5.49. The van der Waals surface area contributed by atoms with Gasteiger partial charge in [-0.2, -0.15) is 0 Å². The minimum Gasteiger partial charge on any atom is -0.464 e. The van der Waals surface area contributed by atoms with Crippen LogP contribution in [0.3, 0.4) is 0 Å². The number of carbonyl (C=O) groups excluding carboxylic acids is 2. The number of benzodiazepines with no additional fused rings is 1. The first-order valence-corrected chi connectivity index (χ1v) is 8.83. The van der Waals surface area contributed by atoms with Gasteiger partial charge in [-0.1, -0.05) is 30.9 Å². The number of fused-ring (bicyclic) bond motifs is 1. The summed E-state index contributed by atoms with van der Waals surface area (Å²) in [6, 6.07) is 4.15. The Labute approximate surface area is 146 Å². The smallest absolute Gasteiger partial charge is 0.340 e. The van der Waals surface area contributed by atoms with E-state index in [1.54, 1.807) is 19.1 Å². The standard InChI is InChI=1S/C18H21ClN2O3/c1-2-24-18(23)16-17(22)20-14-9-8-12(19)10-13(14)15(21-16)11-6-4-3-5-7-11/h8-11,16H,2-7H2,1H3,(H,20,22). The van der Waals surface area contributed by atoms with Crippen LogP contribution in [0.5, 0.6) is 0 Å². The first kappa shape index (κ1) is 17.0. The Balaban J connectivity index is 2.06. The zero-order chi connectivity index (χ0) is 17.1. The van der Waals surface area contributed by atoms with E-state index in [4.69, 9.17) is 16.3 Å². The van der Waals surface area contributed by atoms with Crippen LogP contribution in [-0.2, 0) is 14.3 Å². The Morgan fingerprint density at radius 1 is 1.33 bits per heavy atom. The predicted octanol–water partition coefficient (Wildman–Crippen LogP) is 3.59. The lowest BCUT2D eigenvalue weighted by Crippen LogP contribution is -2.35. The molecule has 1 fully saturated rings. The number of aliphatic imine (C=N–C) groups is 1. The first-order chi connectivity index (χ1) is 11.6. The fraction of sp³-hybridized carbons (Fsp3) is 0.500. The summed E-state index contributed by atoms with van der Waals surface area (Å²) in [5.74, 6) is -0.828. The molecule has 24 heavy (non-hydrogen) atoms. The van der Waals surface area contributed by atoms with E-state index in [2.05, 4.69) is 10.3 Å². The summed E-state index contributed by atoms with van der Waals surface area (Å²) in [4.78, 5) is 29.2. The van der Waals surface area contributed by atoms with Gasteiger partial charge in [0.25, 0.3) is 5.91 Å². The molecule has 5 nitrogen and oxygen atoms in total. The highest BCUT2D eigenvalue weighted by Gasteiger charge is 2.34. The summed E-state index contributed by atoms with van der Waals surface area (Å²) in [5.41, 5.74) is 2.26. The number of carbonyl (C=O) groups is 2. The van der Waals surface area contributed by atoms with E-state index < -0.39 is 17.9 Å². The van der Waals surface area contributed by atoms with E-state index in [9.17, 15) is 9.59 Å². The molecule has 1 saturated carbocycles. The number of ether oxygens (including phenoxy) is 1. The van der Waals surface area contributed by atoms with Crippen molar-refractivity contribution in [3.05, 3.63) is 28.8 Å². The molecule has 3 rings (SSSR count). The molecule has 1 heterocycles. The number of rotatable bonds is 3. The lowest BCUT2D eigenvalue weighted by atomic mass is 9.83. The number of esters is 1. The second-order valence-corrected chi connectivity index (χ2v) is 6.62. The van der Waals surface area contributed by atoms with Crippen molar-refractivity contribution < 1.29 is 14.3 Å². The van der Waals surface area contributed by atoms with E-state index in [0.29, 0.717) is 10.7 Å². The highest BCUT2D eigenvalue weighted by atomic mass is 35.5. The van der Waals surface area contributed by atoms with Crippen molar-refractivity contribution in [3.8, 4) is 0 Å². The lowest BCUT2D eigenvalue weighted by Gasteiger charge is -2.24. The highest BCUT2D eigenvalue weighted by molar-refractivity contribution is 6.31. The SMILES string of the molecule is CCOC(=O)C1N=C(C2CCCCC2)c2cc(Cl)ccc2NC1=O. The molecule has 1 aliphatic heterocycles. The number of amides is 1. The van der Waals surface area contributed by atoms with Crippen LogP contribution in [0.4, 0.5) is 5.69 Å². The van der Waals surface area contributed by atoms with Crippen LogP contribution < -0.4 is 5.32 Å². The van der Waals surface area contributed by atoms with Gasteiger partial charge in [-0.25, -0.2) is 4.79 Å². The number of nitrogens with zero attached hydrogens (tertiary/aromatic N) is 1. The molecular formula is C18H21ClN2O3. The molecule has 0 spiro atoms. The molecule has 0 radical (unpaired) electrons. The third-order valence-corrected chi connectivity index (χ3v) is 4.77. The summed E-state index contributed by atoms with van der Waals surface area (Å²) in [7, 11) is 0. The molecule has 0 saturated heterocycles. The minimum absolute atomic E-state index is 0.218. The number of nitrogens with one attached hydrogen (secondary N) is 1. The molecule has 1 aromatic rings. The summed E-state index contributed by atoms with van der Waals surface area (Å²) in [5, 5.41) is 3.38. The second-order valence-electron chi connectivity index (χ2n) is 6.18. The van der Waals surface area contributed by atoms with Crippen molar-refractivity contribution in [1.29, 1.82) is 0 Å². The Morgan fingerprint density at radius 2 is 2.08 bits per heavy atom. The van der Waals surface area contributed by atoms with Crippen LogP contribution in [0.1, 0.15) is 44.6 Å². The third-order valence-electron chi connectivity index (χ3n) is 4.53. The molecule has 1 unspecified atom stereocenters. The number of hydrogen-bond donors (Lipinski definition) is 1. The molecule has 6 heteroatoms. The highest BCUT2D eigenvalue weighted by Crippen LogP contribution is 2.33. The summed E-state index contributed by atoms with van der Waals surface area (Å²) >= 11 is 6.16. The van der Waals surface area contributed by atoms with Crippen molar-refractivity contribution in [3.63, 3.8) is 0 Å². The molecule has 1 amide bonds. The summed E-state index contributed by atoms with van der Waals surface area (Å²) in [6.45, 7) is 1.93. The van der Waals surface area contributed by atoms with Crippen LogP contribution >= 0.6 is 11.6 Å². The van der Waals surface area contributed by atoms with Gasteiger partial charge in [0, 0.05) is 27.9 Å². The van der Waals surface area contributed by atoms with Gasteiger partial charge in [0.1, 0.15) is 0 Å². The maximum atomic E-state index is 12.5. The molecule has 1 aromatic carbocycles. The molecular weight excluding hydrogens is 328 g/mol. The van der Waals surface area contributed by atoms with Crippen LogP contribution in [-0.4, -0.2) is 30.2 Å². The van der Waals surface area contributed by atoms with E-state index in [0.717, 1.165) is 37.0 Å². The van der Waals surface area contributed by atoms with Gasteiger partial charge < -0.3 is 10.1 Å². The van der Waals surface area contributed by atoms with Gasteiger partial charge in [-0.05, 0) is 38.0 Å². The van der Waals surface area contributed by atoms with Gasteiger partial charge in [-0.3, -0.25) is 9.79 Å². The molecule has 2 aliphatic rings. The van der Waals surface area contributed by atoms with Gasteiger partial charge >= 0.3 is 5.97 Å². The first-order valence-electron chi connectivity index (χ1n) is 8.45. The van der Waals surface area contributed by atoms with Crippen LogP contribution in [0.25, 0.3) is 0 Å². The zero-order valence-electron chi connectivity index (χ0n) is 13.7. The molecule has 1 N–H and O–H groups in total. The third kappa shape index (κ3) is 3.46. The van der Waals surface area contributed by atoms with Crippen LogP contribution in [0.15, 0.2) is 23.2 Å². The van der Waals surface area contributed by atoms with Crippen molar-refractivity contribution in [1.82, 2.24) is 0 Å². The minimum atomic E-state index is -1.16.